The van der Waals surface area contributed by atoms with Crippen LogP contribution in [0, 0.1) is 11.8 Å². The number of hydrogen-bond donors (Lipinski definition) is 2. The van der Waals surface area contributed by atoms with Crippen molar-refractivity contribution >= 4 is 35.0 Å². The lowest BCUT2D eigenvalue weighted by Crippen LogP contribution is -2.54. The topological polar surface area (TPSA) is 67.4 Å². The number of rotatable bonds is 5. The molecule has 2 amide bonds. The zero-order chi connectivity index (χ0) is 19.9. The van der Waals surface area contributed by atoms with Crippen LogP contribution in [0.15, 0.2) is 48.5 Å². The highest BCUT2D eigenvalue weighted by Crippen LogP contribution is 2.23. The van der Waals surface area contributed by atoms with Crippen molar-refractivity contribution in [2.45, 2.75) is 24.9 Å². The Bertz CT molecular complexity index is 913. The van der Waals surface area contributed by atoms with E-state index in [0.29, 0.717) is 28.6 Å². The van der Waals surface area contributed by atoms with Gasteiger partial charge < -0.3 is 15.4 Å². The van der Waals surface area contributed by atoms with E-state index in [-0.39, 0.29) is 30.5 Å². The van der Waals surface area contributed by atoms with Gasteiger partial charge in [0, 0.05) is 28.6 Å². The van der Waals surface area contributed by atoms with Crippen molar-refractivity contribution in [3.63, 3.8) is 0 Å². The van der Waals surface area contributed by atoms with Crippen LogP contribution >= 0.6 is 23.2 Å². The van der Waals surface area contributed by atoms with Gasteiger partial charge in [0.1, 0.15) is 5.75 Å². The summed E-state index contributed by atoms with van der Waals surface area (Å²) in [4.78, 5) is 23.8. The molecule has 3 rings (SSSR count). The summed E-state index contributed by atoms with van der Waals surface area (Å²) in [6, 6.07) is 13.9. The highest BCUT2D eigenvalue weighted by Gasteiger charge is 2.31. The Balaban J connectivity index is 1.35. The highest BCUT2D eigenvalue weighted by atomic mass is 35.5. The maximum absolute atomic E-state index is 11.9. The van der Waals surface area contributed by atoms with E-state index in [4.69, 9.17) is 27.9 Å². The molecule has 0 atom stereocenters. The third-order valence-corrected chi connectivity index (χ3v) is 4.76. The molecule has 1 fully saturated rings. The molecule has 2 aromatic carbocycles. The maximum atomic E-state index is 11.9. The van der Waals surface area contributed by atoms with Gasteiger partial charge >= 0.3 is 0 Å². The lowest BCUT2D eigenvalue weighted by atomic mass is 9.86. The third kappa shape index (κ3) is 5.91. The van der Waals surface area contributed by atoms with Crippen molar-refractivity contribution in [3.05, 3.63) is 64.1 Å². The second kappa shape index (κ2) is 9.50. The minimum absolute atomic E-state index is 0.00167. The molecule has 0 heterocycles. The van der Waals surface area contributed by atoms with Crippen molar-refractivity contribution < 1.29 is 14.3 Å². The van der Waals surface area contributed by atoms with E-state index in [0.717, 1.165) is 5.56 Å². The van der Waals surface area contributed by atoms with E-state index in [1.54, 1.807) is 48.5 Å². The summed E-state index contributed by atoms with van der Waals surface area (Å²) >= 11 is 11.8. The number of carbonyl (C=O) groups is 2. The quantitative estimate of drug-likeness (QED) is 0.735. The van der Waals surface area contributed by atoms with E-state index in [1.165, 1.54) is 0 Å². The van der Waals surface area contributed by atoms with Crippen LogP contribution in [-0.4, -0.2) is 30.5 Å². The fourth-order valence-electron chi connectivity index (χ4n) is 2.71. The number of nitrogens with one attached hydrogen (secondary N) is 2. The molecule has 2 N–H and O–H groups in total. The lowest BCUT2D eigenvalue weighted by molar-refractivity contribution is -0.124. The molecule has 2 aromatic rings. The summed E-state index contributed by atoms with van der Waals surface area (Å²) < 4.78 is 5.40. The van der Waals surface area contributed by atoms with Gasteiger partial charge in [0.25, 0.3) is 11.8 Å². The van der Waals surface area contributed by atoms with E-state index < -0.39 is 0 Å². The van der Waals surface area contributed by atoms with Crippen molar-refractivity contribution in [2.75, 3.05) is 6.61 Å². The summed E-state index contributed by atoms with van der Waals surface area (Å²) in [5.41, 5.74) is 0.719. The zero-order valence-electron chi connectivity index (χ0n) is 14.9. The summed E-state index contributed by atoms with van der Waals surface area (Å²) in [6.45, 7) is -0.107. The maximum Gasteiger partial charge on any atom is 0.296 e. The first kappa shape index (κ1) is 20.1. The lowest BCUT2D eigenvalue weighted by Gasteiger charge is -2.35. The SMILES string of the molecule is O=C(C#Cc1ccc(Cl)cc1)NC1CC(NC(=O)COc2ccccc2Cl)C1. The van der Waals surface area contributed by atoms with Gasteiger partial charge in [0.15, 0.2) is 6.61 Å². The molecule has 144 valence electrons. The Morgan fingerprint density at radius 3 is 2.39 bits per heavy atom. The first-order chi connectivity index (χ1) is 13.5. The molecule has 0 radical (unpaired) electrons. The molecule has 7 heteroatoms. The number of carbonyl (C=O) groups excluding carboxylic acids is 2. The van der Waals surface area contributed by atoms with Crippen LogP contribution in [0.2, 0.25) is 10.0 Å². The van der Waals surface area contributed by atoms with Crippen molar-refractivity contribution in [1.82, 2.24) is 10.6 Å². The minimum atomic E-state index is -0.341. The van der Waals surface area contributed by atoms with Gasteiger partial charge in [-0.25, -0.2) is 0 Å². The Labute approximate surface area is 173 Å². The molecule has 0 aromatic heterocycles. The van der Waals surface area contributed by atoms with Crippen molar-refractivity contribution in [2.24, 2.45) is 0 Å². The Morgan fingerprint density at radius 2 is 1.68 bits per heavy atom. The largest absolute Gasteiger partial charge is 0.482 e. The van der Waals surface area contributed by atoms with Crippen LogP contribution in [0.5, 0.6) is 5.75 Å². The summed E-state index contributed by atoms with van der Waals surface area (Å²) in [7, 11) is 0. The molecule has 1 aliphatic rings. The fourth-order valence-corrected chi connectivity index (χ4v) is 3.03. The molecule has 0 spiro atoms. The third-order valence-electron chi connectivity index (χ3n) is 4.20. The predicted octanol–water partition coefficient (Wildman–Crippen LogP) is 3.19. The molecule has 1 aliphatic carbocycles. The standard InChI is InChI=1S/C21H18Cl2N2O3/c22-15-8-5-14(6-9-15)7-10-20(26)24-16-11-17(12-16)25-21(27)13-28-19-4-2-1-3-18(19)23/h1-6,8-9,16-17H,11-13H2,(H,24,26)(H,25,27). The van der Waals surface area contributed by atoms with Crippen molar-refractivity contribution in [3.8, 4) is 17.6 Å². The van der Waals surface area contributed by atoms with Gasteiger partial charge in [-0.1, -0.05) is 41.3 Å². The normalized spacial score (nSPS) is 17.5. The second-order valence-electron chi connectivity index (χ2n) is 6.38. The van der Waals surface area contributed by atoms with Gasteiger partial charge in [0.05, 0.1) is 5.02 Å². The number of ether oxygens (including phenoxy) is 1. The smallest absolute Gasteiger partial charge is 0.296 e. The van der Waals surface area contributed by atoms with Crippen molar-refractivity contribution in [1.29, 1.82) is 0 Å². The van der Waals surface area contributed by atoms with Gasteiger partial charge in [-0.2, -0.15) is 0 Å². The number of halogens is 2. The van der Waals surface area contributed by atoms with Gasteiger partial charge in [-0.3, -0.25) is 9.59 Å². The van der Waals surface area contributed by atoms with E-state index in [2.05, 4.69) is 22.5 Å². The molecular formula is C21H18Cl2N2O3. The van der Waals surface area contributed by atoms with E-state index >= 15 is 0 Å². The minimum Gasteiger partial charge on any atom is -0.482 e. The molecule has 28 heavy (non-hydrogen) atoms. The van der Waals surface area contributed by atoms with Crippen LogP contribution in [0.3, 0.4) is 0 Å². The van der Waals surface area contributed by atoms with Gasteiger partial charge in [-0.05, 0) is 49.2 Å². The van der Waals surface area contributed by atoms with E-state index in [9.17, 15) is 9.59 Å². The first-order valence-corrected chi connectivity index (χ1v) is 9.50. The number of para-hydroxylation sites is 1. The zero-order valence-corrected chi connectivity index (χ0v) is 16.4. The summed E-state index contributed by atoms with van der Waals surface area (Å²) in [5, 5.41) is 6.77. The Hall–Kier alpha value is -2.68. The average Bonchev–Trinajstić information content (AvgIpc) is 2.65. The van der Waals surface area contributed by atoms with Crippen LogP contribution in [0.4, 0.5) is 0 Å². The number of hydrogen-bond acceptors (Lipinski definition) is 3. The first-order valence-electron chi connectivity index (χ1n) is 8.74. The predicted molar refractivity (Wildman–Crippen MR) is 108 cm³/mol. The van der Waals surface area contributed by atoms with Gasteiger partial charge in [0.2, 0.25) is 0 Å². The average molecular weight is 417 g/mol. The molecule has 0 bridgehead atoms. The van der Waals surface area contributed by atoms with Gasteiger partial charge in [-0.15, -0.1) is 0 Å². The highest BCUT2D eigenvalue weighted by molar-refractivity contribution is 6.32. The molecular weight excluding hydrogens is 399 g/mol. The molecule has 1 saturated carbocycles. The Morgan fingerprint density at radius 1 is 1.00 bits per heavy atom. The second-order valence-corrected chi connectivity index (χ2v) is 7.23. The molecule has 0 unspecified atom stereocenters. The van der Waals surface area contributed by atoms with E-state index in [1.807, 2.05) is 0 Å². The summed E-state index contributed by atoms with van der Waals surface area (Å²) in [5.74, 6) is 5.25. The number of benzene rings is 2. The van der Waals surface area contributed by atoms with Crippen LogP contribution in [0.25, 0.3) is 0 Å². The Kier molecular flexibility index (Phi) is 6.80. The molecule has 0 aliphatic heterocycles. The fraction of sp³-hybridized carbons (Fsp3) is 0.238. The van der Waals surface area contributed by atoms with Crippen LogP contribution in [0.1, 0.15) is 18.4 Å². The number of amides is 2. The molecule has 5 nitrogen and oxygen atoms in total. The molecule has 0 saturated heterocycles. The monoisotopic (exact) mass is 416 g/mol. The summed E-state index contributed by atoms with van der Waals surface area (Å²) in [6.07, 6.45) is 1.32. The van der Waals surface area contributed by atoms with Crippen LogP contribution in [-0.2, 0) is 9.59 Å². The van der Waals surface area contributed by atoms with Crippen LogP contribution < -0.4 is 15.4 Å².